The van der Waals surface area contributed by atoms with Crippen molar-refractivity contribution in [3.8, 4) is 0 Å². The van der Waals surface area contributed by atoms with Crippen molar-refractivity contribution in [1.29, 1.82) is 0 Å². The van der Waals surface area contributed by atoms with E-state index in [0.717, 1.165) is 34.2 Å². The minimum atomic E-state index is -0.659. The Kier molecular flexibility index (Phi) is 6.95. The van der Waals surface area contributed by atoms with Crippen molar-refractivity contribution < 1.29 is 19.1 Å². The number of nitrogens with one attached hydrogen (secondary N) is 2. The molecule has 132 valence electrons. The van der Waals surface area contributed by atoms with Crippen molar-refractivity contribution in [1.82, 2.24) is 10.6 Å². The predicted molar refractivity (Wildman–Crippen MR) is 92.2 cm³/mol. The summed E-state index contributed by atoms with van der Waals surface area (Å²) in [6.07, 6.45) is 0.765. The molecule has 24 heavy (non-hydrogen) atoms. The van der Waals surface area contributed by atoms with E-state index in [9.17, 15) is 14.4 Å². The minimum absolute atomic E-state index is 0.471. The summed E-state index contributed by atoms with van der Waals surface area (Å²) in [4.78, 5) is 35.4. The summed E-state index contributed by atoms with van der Waals surface area (Å²) in [6.45, 7) is 11.5. The minimum Gasteiger partial charge on any atom is -0.452 e. The second-order valence-corrected chi connectivity index (χ2v) is 5.88. The van der Waals surface area contributed by atoms with Crippen LogP contribution >= 0.6 is 0 Å². The van der Waals surface area contributed by atoms with Crippen LogP contribution in [0.4, 0.5) is 4.79 Å². The molecule has 0 radical (unpaired) electrons. The van der Waals surface area contributed by atoms with E-state index in [4.69, 9.17) is 4.74 Å². The number of amides is 3. The first kappa shape index (κ1) is 19.7. The molecule has 0 aromatic heterocycles. The summed E-state index contributed by atoms with van der Waals surface area (Å²) in [5, 5.41) is 4.63. The Morgan fingerprint density at radius 3 is 1.88 bits per heavy atom. The average molecular weight is 334 g/mol. The third kappa shape index (κ3) is 4.57. The molecule has 0 saturated carbocycles. The van der Waals surface area contributed by atoms with Crippen LogP contribution in [0.1, 0.15) is 51.5 Å². The van der Waals surface area contributed by atoms with Crippen molar-refractivity contribution in [2.75, 3.05) is 13.2 Å². The number of carbonyl (C=O) groups is 3. The van der Waals surface area contributed by atoms with E-state index < -0.39 is 24.5 Å². The maximum absolute atomic E-state index is 12.4. The lowest BCUT2D eigenvalue weighted by atomic mass is 9.90. The molecule has 1 aromatic rings. The fraction of sp³-hybridized carbons (Fsp3) is 0.500. The Morgan fingerprint density at radius 2 is 1.38 bits per heavy atom. The molecule has 0 aliphatic carbocycles. The molecule has 1 aromatic carbocycles. The zero-order valence-electron chi connectivity index (χ0n) is 15.3. The largest absolute Gasteiger partial charge is 0.452 e. The van der Waals surface area contributed by atoms with Gasteiger partial charge < -0.3 is 10.1 Å². The van der Waals surface area contributed by atoms with Gasteiger partial charge in [0.15, 0.2) is 6.61 Å². The first-order valence-corrected chi connectivity index (χ1v) is 8.02. The van der Waals surface area contributed by atoms with Crippen LogP contribution in [0, 0.1) is 34.6 Å². The monoisotopic (exact) mass is 334 g/mol. The summed E-state index contributed by atoms with van der Waals surface area (Å²) in [5.41, 5.74) is 5.40. The van der Waals surface area contributed by atoms with Gasteiger partial charge in [-0.3, -0.25) is 10.1 Å². The molecule has 0 spiro atoms. The van der Waals surface area contributed by atoms with Gasteiger partial charge in [0.1, 0.15) is 0 Å². The lowest BCUT2D eigenvalue weighted by molar-refractivity contribution is -0.123. The van der Waals surface area contributed by atoms with Gasteiger partial charge in [0.25, 0.3) is 5.91 Å². The van der Waals surface area contributed by atoms with Gasteiger partial charge in [-0.1, -0.05) is 6.92 Å². The molecule has 0 atom stereocenters. The average Bonchev–Trinajstić information content (AvgIpc) is 2.54. The van der Waals surface area contributed by atoms with Gasteiger partial charge in [-0.15, -0.1) is 0 Å². The molecule has 0 heterocycles. The van der Waals surface area contributed by atoms with E-state index in [1.54, 1.807) is 0 Å². The fourth-order valence-electron chi connectivity index (χ4n) is 2.45. The number of rotatable bonds is 5. The van der Waals surface area contributed by atoms with E-state index in [1.165, 1.54) is 0 Å². The number of urea groups is 1. The second-order valence-electron chi connectivity index (χ2n) is 5.88. The zero-order chi connectivity index (χ0) is 18.4. The highest BCUT2D eigenvalue weighted by molar-refractivity contribution is 5.98. The van der Waals surface area contributed by atoms with Crippen LogP contribution < -0.4 is 10.6 Å². The molecule has 2 N–H and O–H groups in total. The Morgan fingerprint density at radius 1 is 0.875 bits per heavy atom. The van der Waals surface area contributed by atoms with Gasteiger partial charge in [-0.25, -0.2) is 9.59 Å². The summed E-state index contributed by atoms with van der Waals surface area (Å²) < 4.78 is 5.08. The van der Waals surface area contributed by atoms with E-state index in [1.807, 2.05) is 41.5 Å². The quantitative estimate of drug-likeness (QED) is 0.811. The smallest absolute Gasteiger partial charge is 0.339 e. The van der Waals surface area contributed by atoms with Crippen LogP contribution in [-0.2, 0) is 9.53 Å². The molecule has 1 rings (SSSR count). The van der Waals surface area contributed by atoms with Crippen molar-refractivity contribution >= 4 is 17.9 Å². The lowest BCUT2D eigenvalue weighted by Gasteiger charge is -2.17. The number of benzene rings is 1. The van der Waals surface area contributed by atoms with Crippen LogP contribution in [0.25, 0.3) is 0 Å². The molecular formula is C18H26N2O4. The van der Waals surface area contributed by atoms with Crippen LogP contribution in [0.3, 0.4) is 0 Å². The van der Waals surface area contributed by atoms with Gasteiger partial charge in [0.2, 0.25) is 0 Å². The fourth-order valence-corrected chi connectivity index (χ4v) is 2.45. The van der Waals surface area contributed by atoms with Gasteiger partial charge >= 0.3 is 12.0 Å². The Hall–Kier alpha value is -2.37. The highest BCUT2D eigenvalue weighted by Crippen LogP contribution is 2.26. The highest BCUT2D eigenvalue weighted by Gasteiger charge is 2.20. The number of hydrogen-bond donors (Lipinski definition) is 2. The number of imide groups is 1. The molecule has 0 fully saturated rings. The van der Waals surface area contributed by atoms with Gasteiger partial charge in [0.05, 0.1) is 5.56 Å². The summed E-state index contributed by atoms with van der Waals surface area (Å²) in [7, 11) is 0. The SMILES string of the molecule is CCCNC(=O)NC(=O)COC(=O)c1c(C)c(C)c(C)c(C)c1C. The number of esters is 1. The maximum atomic E-state index is 12.4. The second kappa shape index (κ2) is 8.47. The van der Waals surface area contributed by atoms with Crippen molar-refractivity contribution in [3.05, 3.63) is 33.4 Å². The summed E-state index contributed by atoms with van der Waals surface area (Å²) >= 11 is 0. The first-order chi connectivity index (χ1) is 11.2. The predicted octanol–water partition coefficient (Wildman–Crippen LogP) is 2.62. The van der Waals surface area contributed by atoms with E-state index >= 15 is 0 Å². The van der Waals surface area contributed by atoms with Crippen LogP contribution in [0.5, 0.6) is 0 Å². The third-order valence-corrected chi connectivity index (χ3v) is 4.33. The molecule has 3 amide bonds. The van der Waals surface area contributed by atoms with E-state index in [2.05, 4.69) is 10.6 Å². The number of hydrogen-bond acceptors (Lipinski definition) is 4. The van der Waals surface area contributed by atoms with Gasteiger partial charge in [-0.2, -0.15) is 0 Å². The normalized spacial score (nSPS) is 10.2. The van der Waals surface area contributed by atoms with E-state index in [-0.39, 0.29) is 0 Å². The molecule has 6 heteroatoms. The number of ether oxygens (including phenoxy) is 1. The lowest BCUT2D eigenvalue weighted by Crippen LogP contribution is -2.41. The number of carbonyl (C=O) groups excluding carboxylic acids is 3. The van der Waals surface area contributed by atoms with Crippen molar-refractivity contribution in [2.24, 2.45) is 0 Å². The molecule has 6 nitrogen and oxygen atoms in total. The topological polar surface area (TPSA) is 84.5 Å². The molecule has 0 aliphatic rings. The maximum Gasteiger partial charge on any atom is 0.339 e. The Bertz CT molecular complexity index is 636. The third-order valence-electron chi connectivity index (χ3n) is 4.33. The summed E-state index contributed by atoms with van der Waals surface area (Å²) in [6, 6.07) is -0.590. The van der Waals surface area contributed by atoms with Gasteiger partial charge in [0, 0.05) is 6.54 Å². The van der Waals surface area contributed by atoms with Gasteiger partial charge in [-0.05, 0) is 68.9 Å². The van der Waals surface area contributed by atoms with Crippen LogP contribution in [0.2, 0.25) is 0 Å². The molecule has 0 unspecified atom stereocenters. The van der Waals surface area contributed by atoms with Crippen molar-refractivity contribution in [2.45, 2.75) is 48.0 Å². The molecule has 0 bridgehead atoms. The van der Waals surface area contributed by atoms with Crippen molar-refractivity contribution in [3.63, 3.8) is 0 Å². The Labute approximate surface area is 143 Å². The standard InChI is InChI=1S/C18H26N2O4/c1-7-8-19-18(23)20-15(21)9-24-17(22)16-13(5)11(3)10(2)12(4)14(16)6/h7-9H2,1-6H3,(H2,19,20,21,23). The first-order valence-electron chi connectivity index (χ1n) is 8.02. The zero-order valence-corrected chi connectivity index (χ0v) is 15.3. The summed E-state index contributed by atoms with van der Waals surface area (Å²) in [5.74, 6) is -1.21. The molecular weight excluding hydrogens is 308 g/mol. The Balaban J connectivity index is 2.77. The molecule has 0 saturated heterocycles. The van der Waals surface area contributed by atoms with E-state index in [0.29, 0.717) is 12.1 Å². The highest BCUT2D eigenvalue weighted by atomic mass is 16.5. The molecule has 0 aliphatic heterocycles. The van der Waals surface area contributed by atoms with Crippen LogP contribution in [-0.4, -0.2) is 31.1 Å². The van der Waals surface area contributed by atoms with Crippen LogP contribution in [0.15, 0.2) is 0 Å².